The Morgan fingerprint density at radius 1 is 1.25 bits per heavy atom. The minimum Gasteiger partial charge on any atom is -0.477 e. The lowest BCUT2D eigenvalue weighted by atomic mass is 10.1. The highest BCUT2D eigenvalue weighted by Crippen LogP contribution is 2.34. The Balaban J connectivity index is 1.89. The third-order valence-electron chi connectivity index (χ3n) is 3.99. The number of nitrogens with zero attached hydrogens (tertiary/aromatic N) is 1. The minimum absolute atomic E-state index is 0.166. The molecule has 1 atom stereocenters. The van der Waals surface area contributed by atoms with E-state index < -0.39 is 12.0 Å². The summed E-state index contributed by atoms with van der Waals surface area (Å²) in [6, 6.07) is 14.8. The number of nitrogens with one attached hydrogen (secondary N) is 1. The molecule has 0 aromatic heterocycles. The molecule has 1 aliphatic heterocycles. The summed E-state index contributed by atoms with van der Waals surface area (Å²) < 4.78 is 5.79. The smallest absolute Gasteiger partial charge is 0.262 e. The van der Waals surface area contributed by atoms with Crippen molar-refractivity contribution < 1.29 is 14.3 Å². The molecule has 2 aromatic rings. The van der Waals surface area contributed by atoms with Crippen LogP contribution in [0.5, 0.6) is 5.75 Å². The van der Waals surface area contributed by atoms with E-state index in [0.717, 1.165) is 11.3 Å². The fourth-order valence-electron chi connectivity index (χ4n) is 2.80. The number of likely N-dealkylation sites (N-methyl/N-ethyl adjacent to an activating group) is 1. The molecule has 6 nitrogen and oxygen atoms in total. The van der Waals surface area contributed by atoms with E-state index in [1.54, 1.807) is 25.2 Å². The number of nitrogens with two attached hydrogens (primary N) is 1. The van der Waals surface area contributed by atoms with Gasteiger partial charge in [0.2, 0.25) is 5.91 Å². The monoisotopic (exact) mass is 325 g/mol. The van der Waals surface area contributed by atoms with Crippen LogP contribution in [0.1, 0.15) is 15.9 Å². The number of hydrogen-bond acceptors (Lipinski definition) is 4. The summed E-state index contributed by atoms with van der Waals surface area (Å²) in [4.78, 5) is 25.4. The summed E-state index contributed by atoms with van der Waals surface area (Å²) in [5.74, 6) is 0.0475. The molecular formula is C18H19N3O3. The van der Waals surface area contributed by atoms with E-state index >= 15 is 0 Å². The molecule has 0 fully saturated rings. The van der Waals surface area contributed by atoms with Crippen LogP contribution in [0.3, 0.4) is 0 Å². The van der Waals surface area contributed by atoms with E-state index in [9.17, 15) is 9.59 Å². The molecule has 2 aromatic carbocycles. The third kappa shape index (κ3) is 3.17. The predicted molar refractivity (Wildman–Crippen MR) is 90.9 cm³/mol. The Labute approximate surface area is 140 Å². The number of fused-ring (bicyclic) bond motifs is 1. The van der Waals surface area contributed by atoms with E-state index in [4.69, 9.17) is 10.5 Å². The molecule has 0 bridgehead atoms. The number of carbonyl (C=O) groups excluding carboxylic acids is 2. The van der Waals surface area contributed by atoms with Crippen molar-refractivity contribution >= 4 is 17.5 Å². The number of carbonyl (C=O) groups is 2. The van der Waals surface area contributed by atoms with Gasteiger partial charge in [-0.25, -0.2) is 0 Å². The average Bonchev–Trinajstić information content (AvgIpc) is 2.61. The van der Waals surface area contributed by atoms with Crippen LogP contribution >= 0.6 is 0 Å². The third-order valence-corrected chi connectivity index (χ3v) is 3.99. The molecule has 1 heterocycles. The zero-order valence-corrected chi connectivity index (χ0v) is 13.4. The second-order valence-electron chi connectivity index (χ2n) is 5.63. The van der Waals surface area contributed by atoms with E-state index in [0.29, 0.717) is 24.4 Å². The highest BCUT2D eigenvalue weighted by Gasteiger charge is 2.30. The Kier molecular flexibility index (Phi) is 4.37. The molecular weight excluding hydrogens is 306 g/mol. The molecule has 0 saturated heterocycles. The first-order valence-electron chi connectivity index (χ1n) is 7.69. The van der Waals surface area contributed by atoms with Crippen LogP contribution in [-0.2, 0) is 11.3 Å². The highest BCUT2D eigenvalue weighted by atomic mass is 16.5. The molecule has 0 saturated carbocycles. The summed E-state index contributed by atoms with van der Waals surface area (Å²) in [6.07, 6.45) is -0.579. The SMILES string of the molecule is CNC(=O)C1CN(Cc2cccc(C(N)=O)c2)c2ccccc2O1. The average molecular weight is 325 g/mol. The zero-order valence-electron chi connectivity index (χ0n) is 13.4. The van der Waals surface area contributed by atoms with Gasteiger partial charge in [0.25, 0.3) is 5.91 Å². The van der Waals surface area contributed by atoms with Crippen LogP contribution in [0.25, 0.3) is 0 Å². The van der Waals surface area contributed by atoms with E-state index in [1.165, 1.54) is 0 Å². The highest BCUT2D eigenvalue weighted by molar-refractivity contribution is 5.92. The van der Waals surface area contributed by atoms with Crippen molar-refractivity contribution in [3.63, 3.8) is 0 Å². The van der Waals surface area contributed by atoms with Gasteiger partial charge >= 0.3 is 0 Å². The van der Waals surface area contributed by atoms with E-state index in [1.807, 2.05) is 30.3 Å². The Hall–Kier alpha value is -3.02. The van der Waals surface area contributed by atoms with Crippen LogP contribution in [0.2, 0.25) is 0 Å². The van der Waals surface area contributed by atoms with Crippen molar-refractivity contribution in [2.24, 2.45) is 5.73 Å². The Bertz CT molecular complexity index is 776. The number of amides is 2. The van der Waals surface area contributed by atoms with Crippen LogP contribution < -0.4 is 20.7 Å². The second kappa shape index (κ2) is 6.62. The van der Waals surface area contributed by atoms with Crippen molar-refractivity contribution in [1.29, 1.82) is 0 Å². The fraction of sp³-hybridized carbons (Fsp3) is 0.222. The minimum atomic E-state index is -0.579. The number of primary amides is 1. The summed E-state index contributed by atoms with van der Waals surface area (Å²) in [7, 11) is 1.59. The first kappa shape index (κ1) is 15.9. The molecule has 124 valence electrons. The normalized spacial score (nSPS) is 16.0. The summed E-state index contributed by atoms with van der Waals surface area (Å²) in [6.45, 7) is 0.979. The van der Waals surface area contributed by atoms with Gasteiger partial charge in [-0.15, -0.1) is 0 Å². The number of rotatable bonds is 4. The van der Waals surface area contributed by atoms with Crippen LogP contribution in [0.4, 0.5) is 5.69 Å². The Morgan fingerprint density at radius 3 is 2.79 bits per heavy atom. The lowest BCUT2D eigenvalue weighted by molar-refractivity contribution is -0.127. The van der Waals surface area contributed by atoms with Gasteiger partial charge < -0.3 is 20.7 Å². The van der Waals surface area contributed by atoms with E-state index in [2.05, 4.69) is 10.2 Å². The van der Waals surface area contributed by atoms with Gasteiger partial charge in [-0.1, -0.05) is 24.3 Å². The van der Waals surface area contributed by atoms with Gasteiger partial charge in [-0.3, -0.25) is 9.59 Å². The van der Waals surface area contributed by atoms with Gasteiger partial charge in [0, 0.05) is 19.2 Å². The molecule has 6 heteroatoms. The largest absolute Gasteiger partial charge is 0.477 e. The van der Waals surface area contributed by atoms with Gasteiger partial charge in [0.15, 0.2) is 6.10 Å². The van der Waals surface area contributed by atoms with Gasteiger partial charge in [-0.05, 0) is 29.8 Å². The molecule has 2 amide bonds. The molecule has 3 N–H and O–H groups in total. The van der Waals surface area contributed by atoms with Crippen LogP contribution in [-0.4, -0.2) is 31.5 Å². The number of benzene rings is 2. The van der Waals surface area contributed by atoms with Gasteiger partial charge in [0.05, 0.1) is 12.2 Å². The number of ether oxygens (including phenoxy) is 1. The van der Waals surface area contributed by atoms with Crippen molar-refractivity contribution in [1.82, 2.24) is 5.32 Å². The molecule has 24 heavy (non-hydrogen) atoms. The molecule has 1 unspecified atom stereocenters. The molecule has 0 radical (unpaired) electrons. The second-order valence-corrected chi connectivity index (χ2v) is 5.63. The predicted octanol–water partition coefficient (Wildman–Crippen LogP) is 1.30. The molecule has 3 rings (SSSR count). The quantitative estimate of drug-likeness (QED) is 0.887. The summed E-state index contributed by atoms with van der Waals surface area (Å²) in [5.41, 5.74) is 7.68. The Morgan fingerprint density at radius 2 is 2.04 bits per heavy atom. The van der Waals surface area contributed by atoms with Crippen LogP contribution in [0, 0.1) is 0 Å². The fourth-order valence-corrected chi connectivity index (χ4v) is 2.80. The molecule has 0 spiro atoms. The summed E-state index contributed by atoms with van der Waals surface area (Å²) in [5, 5.41) is 2.62. The first-order valence-corrected chi connectivity index (χ1v) is 7.69. The number of para-hydroxylation sites is 2. The van der Waals surface area contributed by atoms with Crippen molar-refractivity contribution in [3.8, 4) is 5.75 Å². The topological polar surface area (TPSA) is 84.7 Å². The standard InChI is InChI=1S/C18H19N3O3/c1-20-18(23)16-11-21(14-7-2-3-8-15(14)24-16)10-12-5-4-6-13(9-12)17(19)22/h2-9,16H,10-11H2,1H3,(H2,19,22)(H,20,23). The first-order chi connectivity index (χ1) is 11.6. The summed E-state index contributed by atoms with van der Waals surface area (Å²) >= 11 is 0. The van der Waals surface area contributed by atoms with Crippen molar-refractivity contribution in [2.75, 3.05) is 18.5 Å². The molecule has 0 aliphatic carbocycles. The maximum absolute atomic E-state index is 12.0. The zero-order chi connectivity index (χ0) is 17.1. The number of hydrogen-bond donors (Lipinski definition) is 2. The van der Waals surface area contributed by atoms with Crippen molar-refractivity contribution in [3.05, 3.63) is 59.7 Å². The van der Waals surface area contributed by atoms with E-state index in [-0.39, 0.29) is 5.91 Å². The van der Waals surface area contributed by atoms with Gasteiger partial charge in [-0.2, -0.15) is 0 Å². The van der Waals surface area contributed by atoms with Crippen LogP contribution in [0.15, 0.2) is 48.5 Å². The lowest BCUT2D eigenvalue weighted by Gasteiger charge is -2.35. The lowest BCUT2D eigenvalue weighted by Crippen LogP contribution is -2.47. The maximum atomic E-state index is 12.0. The number of anilines is 1. The molecule has 1 aliphatic rings. The van der Waals surface area contributed by atoms with Crippen molar-refractivity contribution in [2.45, 2.75) is 12.6 Å². The van der Waals surface area contributed by atoms with Gasteiger partial charge in [0.1, 0.15) is 5.75 Å². The maximum Gasteiger partial charge on any atom is 0.262 e.